The normalized spacial score (nSPS) is 11.1. The number of anilines is 2. The standard InChI is InChI=1S/C13H11FN2O4S/c14-10-7-8(5-6-9(10)13(17)18)16-11-3-1-2-4-12(11)21(15,19)20/h1-7,16H,(H,17,18)(H2,15,19,20). The maximum Gasteiger partial charge on any atom is 0.338 e. The number of rotatable bonds is 4. The van der Waals surface area contributed by atoms with Gasteiger partial charge in [0.15, 0.2) is 0 Å². The second-order valence-electron chi connectivity index (χ2n) is 4.17. The average molecular weight is 310 g/mol. The number of aromatic carboxylic acids is 1. The fraction of sp³-hybridized carbons (Fsp3) is 0. The van der Waals surface area contributed by atoms with Crippen LogP contribution >= 0.6 is 0 Å². The van der Waals surface area contributed by atoms with Crippen LogP contribution in [-0.2, 0) is 10.0 Å². The molecule has 0 aliphatic carbocycles. The first-order valence-electron chi connectivity index (χ1n) is 5.71. The van der Waals surface area contributed by atoms with Gasteiger partial charge in [0.1, 0.15) is 10.7 Å². The third-order valence-corrected chi connectivity index (χ3v) is 3.64. The molecule has 0 aliphatic rings. The average Bonchev–Trinajstić information content (AvgIpc) is 2.37. The quantitative estimate of drug-likeness (QED) is 0.799. The summed E-state index contributed by atoms with van der Waals surface area (Å²) in [5, 5.41) is 16.5. The predicted octanol–water partition coefficient (Wildman–Crippen LogP) is 1.91. The van der Waals surface area contributed by atoms with Gasteiger partial charge in [0.05, 0.1) is 11.3 Å². The van der Waals surface area contributed by atoms with Crippen molar-refractivity contribution in [1.29, 1.82) is 0 Å². The first-order valence-corrected chi connectivity index (χ1v) is 7.25. The fourth-order valence-electron chi connectivity index (χ4n) is 1.74. The molecule has 0 radical (unpaired) electrons. The molecule has 0 amide bonds. The number of primary sulfonamides is 1. The van der Waals surface area contributed by atoms with E-state index in [2.05, 4.69) is 5.32 Å². The van der Waals surface area contributed by atoms with Gasteiger partial charge < -0.3 is 10.4 Å². The molecule has 0 spiro atoms. The van der Waals surface area contributed by atoms with E-state index in [1.165, 1.54) is 24.3 Å². The summed E-state index contributed by atoms with van der Waals surface area (Å²) in [6.45, 7) is 0. The van der Waals surface area contributed by atoms with E-state index in [0.29, 0.717) is 0 Å². The lowest BCUT2D eigenvalue weighted by atomic mass is 10.2. The van der Waals surface area contributed by atoms with Gasteiger partial charge in [0, 0.05) is 5.69 Å². The van der Waals surface area contributed by atoms with Crippen LogP contribution in [0, 0.1) is 5.82 Å². The molecule has 4 N–H and O–H groups in total. The lowest BCUT2D eigenvalue weighted by Gasteiger charge is -2.11. The Bertz CT molecular complexity index is 806. The van der Waals surface area contributed by atoms with Crippen molar-refractivity contribution >= 4 is 27.4 Å². The molecule has 21 heavy (non-hydrogen) atoms. The highest BCUT2D eigenvalue weighted by Crippen LogP contribution is 2.25. The predicted molar refractivity (Wildman–Crippen MR) is 74.5 cm³/mol. The van der Waals surface area contributed by atoms with Crippen LogP contribution in [0.1, 0.15) is 10.4 Å². The van der Waals surface area contributed by atoms with Crippen molar-refractivity contribution in [3.05, 3.63) is 53.8 Å². The van der Waals surface area contributed by atoms with E-state index in [1.54, 1.807) is 6.07 Å². The monoisotopic (exact) mass is 310 g/mol. The second kappa shape index (κ2) is 5.51. The summed E-state index contributed by atoms with van der Waals surface area (Å²) in [5.41, 5.74) is -0.101. The molecule has 6 nitrogen and oxygen atoms in total. The van der Waals surface area contributed by atoms with E-state index >= 15 is 0 Å². The van der Waals surface area contributed by atoms with Crippen LogP contribution in [0.5, 0.6) is 0 Å². The molecular formula is C13H11FN2O4S. The molecule has 0 unspecified atom stereocenters. The highest BCUT2D eigenvalue weighted by atomic mass is 32.2. The van der Waals surface area contributed by atoms with Crippen molar-refractivity contribution in [2.75, 3.05) is 5.32 Å². The third-order valence-electron chi connectivity index (χ3n) is 2.67. The lowest BCUT2D eigenvalue weighted by Crippen LogP contribution is -2.14. The topological polar surface area (TPSA) is 109 Å². The zero-order valence-corrected chi connectivity index (χ0v) is 11.4. The summed E-state index contributed by atoms with van der Waals surface area (Å²) in [6.07, 6.45) is 0. The molecule has 0 atom stereocenters. The smallest absolute Gasteiger partial charge is 0.338 e. The summed E-state index contributed by atoms with van der Waals surface area (Å²) in [4.78, 5) is 10.6. The molecule has 2 aromatic rings. The number of benzene rings is 2. The molecule has 8 heteroatoms. The number of carboxylic acid groups (broad SMARTS) is 1. The van der Waals surface area contributed by atoms with Crippen LogP contribution in [0.25, 0.3) is 0 Å². The minimum absolute atomic E-state index is 0.146. The van der Waals surface area contributed by atoms with E-state index < -0.39 is 27.4 Å². The molecular weight excluding hydrogens is 299 g/mol. The van der Waals surface area contributed by atoms with Crippen LogP contribution in [0.2, 0.25) is 0 Å². The third kappa shape index (κ3) is 3.36. The Kier molecular flexibility index (Phi) is 3.92. The van der Waals surface area contributed by atoms with Gasteiger partial charge in [-0.15, -0.1) is 0 Å². The molecule has 2 aromatic carbocycles. The highest BCUT2D eigenvalue weighted by Gasteiger charge is 2.15. The Hall–Kier alpha value is -2.45. The fourth-order valence-corrected chi connectivity index (χ4v) is 2.43. The van der Waals surface area contributed by atoms with E-state index in [9.17, 15) is 17.6 Å². The van der Waals surface area contributed by atoms with Gasteiger partial charge >= 0.3 is 5.97 Å². The molecule has 0 saturated heterocycles. The number of halogens is 1. The van der Waals surface area contributed by atoms with Crippen LogP contribution in [0.3, 0.4) is 0 Å². The number of para-hydroxylation sites is 1. The molecule has 0 bridgehead atoms. The van der Waals surface area contributed by atoms with Crippen LogP contribution in [-0.4, -0.2) is 19.5 Å². The summed E-state index contributed by atoms with van der Waals surface area (Å²) >= 11 is 0. The van der Waals surface area contributed by atoms with Crippen LogP contribution in [0.15, 0.2) is 47.4 Å². The molecule has 110 valence electrons. The van der Waals surface area contributed by atoms with E-state index in [-0.39, 0.29) is 16.3 Å². The highest BCUT2D eigenvalue weighted by molar-refractivity contribution is 7.89. The first-order chi connectivity index (χ1) is 9.79. The molecule has 0 fully saturated rings. The van der Waals surface area contributed by atoms with Gasteiger partial charge in [0.2, 0.25) is 10.0 Å². The van der Waals surface area contributed by atoms with Gasteiger partial charge in [-0.25, -0.2) is 22.7 Å². The summed E-state index contributed by atoms with van der Waals surface area (Å²) in [7, 11) is -3.94. The summed E-state index contributed by atoms with van der Waals surface area (Å²) in [5.74, 6) is -2.32. The van der Waals surface area contributed by atoms with Crippen molar-refractivity contribution in [2.24, 2.45) is 5.14 Å². The number of hydrogen-bond acceptors (Lipinski definition) is 4. The Morgan fingerprint density at radius 2 is 1.86 bits per heavy atom. The Labute approximate surface area is 120 Å². The minimum Gasteiger partial charge on any atom is -0.478 e. The second-order valence-corrected chi connectivity index (χ2v) is 5.70. The largest absolute Gasteiger partial charge is 0.478 e. The van der Waals surface area contributed by atoms with Crippen molar-refractivity contribution in [3.8, 4) is 0 Å². The molecule has 0 heterocycles. The molecule has 0 aromatic heterocycles. The van der Waals surface area contributed by atoms with Crippen molar-refractivity contribution < 1.29 is 22.7 Å². The zero-order valence-electron chi connectivity index (χ0n) is 10.6. The number of nitrogens with two attached hydrogens (primary N) is 1. The van der Waals surface area contributed by atoms with Gasteiger partial charge in [-0.3, -0.25) is 0 Å². The Morgan fingerprint density at radius 1 is 1.19 bits per heavy atom. The minimum atomic E-state index is -3.94. The summed E-state index contributed by atoms with van der Waals surface area (Å²) < 4.78 is 36.5. The number of hydrogen-bond donors (Lipinski definition) is 3. The number of sulfonamides is 1. The number of nitrogens with one attached hydrogen (secondary N) is 1. The van der Waals surface area contributed by atoms with Crippen molar-refractivity contribution in [1.82, 2.24) is 0 Å². The maximum atomic E-state index is 13.6. The van der Waals surface area contributed by atoms with E-state index in [1.807, 2.05) is 0 Å². The summed E-state index contributed by atoms with van der Waals surface area (Å²) in [6, 6.07) is 9.22. The lowest BCUT2D eigenvalue weighted by molar-refractivity contribution is 0.0692. The Morgan fingerprint density at radius 3 is 2.43 bits per heavy atom. The number of carbonyl (C=O) groups is 1. The van der Waals surface area contributed by atoms with Gasteiger partial charge in [-0.05, 0) is 30.3 Å². The Balaban J connectivity index is 2.40. The molecule has 2 rings (SSSR count). The first kappa shape index (κ1) is 14.9. The van der Waals surface area contributed by atoms with Gasteiger partial charge in [-0.1, -0.05) is 12.1 Å². The SMILES string of the molecule is NS(=O)(=O)c1ccccc1Nc1ccc(C(=O)O)c(F)c1. The van der Waals surface area contributed by atoms with Gasteiger partial charge in [0.25, 0.3) is 0 Å². The van der Waals surface area contributed by atoms with Crippen molar-refractivity contribution in [3.63, 3.8) is 0 Å². The zero-order chi connectivity index (χ0) is 15.6. The maximum absolute atomic E-state index is 13.6. The molecule has 0 aliphatic heterocycles. The van der Waals surface area contributed by atoms with Crippen LogP contribution in [0.4, 0.5) is 15.8 Å². The van der Waals surface area contributed by atoms with Crippen molar-refractivity contribution in [2.45, 2.75) is 4.90 Å². The number of carboxylic acids is 1. The van der Waals surface area contributed by atoms with E-state index in [0.717, 1.165) is 12.1 Å². The van der Waals surface area contributed by atoms with E-state index in [4.69, 9.17) is 10.2 Å². The molecule has 0 saturated carbocycles. The van der Waals surface area contributed by atoms with Gasteiger partial charge in [-0.2, -0.15) is 0 Å². The van der Waals surface area contributed by atoms with Crippen LogP contribution < -0.4 is 10.5 Å².